The second-order valence-electron chi connectivity index (χ2n) is 8.45. The molecule has 0 spiro atoms. The molecule has 7 nitrogen and oxygen atoms in total. The minimum atomic E-state index is -0.243. The van der Waals surface area contributed by atoms with E-state index in [1.54, 1.807) is 18.2 Å². The molecule has 33 heavy (non-hydrogen) atoms. The molecule has 0 aromatic heterocycles. The normalized spacial score (nSPS) is 16.0. The zero-order valence-corrected chi connectivity index (χ0v) is 18.7. The molecule has 2 aromatic carbocycles. The molecule has 1 aliphatic heterocycles. The summed E-state index contributed by atoms with van der Waals surface area (Å²) in [7, 11) is 0. The van der Waals surface area contributed by atoms with Crippen molar-refractivity contribution in [1.82, 2.24) is 15.5 Å². The summed E-state index contributed by atoms with van der Waals surface area (Å²) in [5.41, 5.74) is 2.63. The topological polar surface area (TPSA) is 81.8 Å². The van der Waals surface area contributed by atoms with E-state index in [0.29, 0.717) is 31.2 Å². The first kappa shape index (κ1) is 22.6. The van der Waals surface area contributed by atoms with Gasteiger partial charge in [-0.2, -0.15) is 0 Å². The van der Waals surface area contributed by atoms with Crippen LogP contribution in [0.1, 0.15) is 35.2 Å². The minimum absolute atomic E-state index is 0.0584. The van der Waals surface area contributed by atoms with Crippen LogP contribution < -0.4 is 15.5 Å². The zero-order chi connectivity index (χ0) is 23.0. The lowest BCUT2D eigenvalue weighted by atomic mass is 10.1. The minimum Gasteiger partial charge on any atom is -0.368 e. The monoisotopic (exact) mass is 446 g/mol. The lowest BCUT2D eigenvalue weighted by Crippen LogP contribution is -2.49. The van der Waals surface area contributed by atoms with Crippen molar-refractivity contribution in [2.45, 2.75) is 25.3 Å². The van der Waals surface area contributed by atoms with Crippen molar-refractivity contribution >= 4 is 29.5 Å². The smallest absolute Gasteiger partial charge is 0.251 e. The quantitative estimate of drug-likeness (QED) is 0.611. The summed E-state index contributed by atoms with van der Waals surface area (Å²) < 4.78 is 0. The van der Waals surface area contributed by atoms with Crippen LogP contribution in [-0.2, 0) is 9.59 Å². The Morgan fingerprint density at radius 1 is 0.909 bits per heavy atom. The molecule has 0 bridgehead atoms. The van der Waals surface area contributed by atoms with Gasteiger partial charge in [-0.05, 0) is 48.7 Å². The number of carbonyl (C=O) groups is 3. The van der Waals surface area contributed by atoms with Crippen LogP contribution in [0.3, 0.4) is 0 Å². The molecule has 2 aromatic rings. The first-order valence-corrected chi connectivity index (χ1v) is 11.5. The van der Waals surface area contributed by atoms with Gasteiger partial charge in [0, 0.05) is 62.5 Å². The highest BCUT2D eigenvalue weighted by Gasteiger charge is 2.23. The standard InChI is InChI=1S/C26H30N4O3/c31-24(13-8-20-6-9-21(10-7-20)26(33)28-22-11-12-22)27-15-14-25(32)30-18-16-29(17-19-30)23-4-2-1-3-5-23/h1-10,13,22H,11-12,14-19H2,(H,27,31)(H,28,33)/b13-8+. The molecule has 7 heteroatoms. The molecule has 1 heterocycles. The van der Waals surface area contributed by atoms with E-state index in [1.165, 1.54) is 11.8 Å². The van der Waals surface area contributed by atoms with Gasteiger partial charge >= 0.3 is 0 Å². The van der Waals surface area contributed by atoms with E-state index in [-0.39, 0.29) is 24.1 Å². The van der Waals surface area contributed by atoms with Crippen LogP contribution >= 0.6 is 0 Å². The third-order valence-corrected chi connectivity index (χ3v) is 5.90. The maximum absolute atomic E-state index is 12.5. The molecule has 3 amide bonds. The van der Waals surface area contributed by atoms with Gasteiger partial charge in [-0.3, -0.25) is 14.4 Å². The van der Waals surface area contributed by atoms with Crippen LogP contribution in [0.25, 0.3) is 6.08 Å². The van der Waals surface area contributed by atoms with Gasteiger partial charge in [0.1, 0.15) is 0 Å². The molecule has 0 unspecified atom stereocenters. The van der Waals surface area contributed by atoms with Crippen LogP contribution in [0.15, 0.2) is 60.7 Å². The molecule has 1 aliphatic carbocycles. The summed E-state index contributed by atoms with van der Waals surface area (Å²) >= 11 is 0. The van der Waals surface area contributed by atoms with Crippen molar-refractivity contribution in [3.63, 3.8) is 0 Å². The lowest BCUT2D eigenvalue weighted by Gasteiger charge is -2.36. The molecule has 1 saturated heterocycles. The highest BCUT2D eigenvalue weighted by molar-refractivity contribution is 5.95. The molecular weight excluding hydrogens is 416 g/mol. The van der Waals surface area contributed by atoms with Crippen molar-refractivity contribution in [2.75, 3.05) is 37.6 Å². The van der Waals surface area contributed by atoms with Crippen molar-refractivity contribution in [1.29, 1.82) is 0 Å². The van der Waals surface area contributed by atoms with Crippen molar-refractivity contribution < 1.29 is 14.4 Å². The number of hydrogen-bond donors (Lipinski definition) is 2. The third kappa shape index (κ3) is 6.68. The molecule has 2 fully saturated rings. The van der Waals surface area contributed by atoms with Crippen molar-refractivity contribution in [2.24, 2.45) is 0 Å². The van der Waals surface area contributed by atoms with E-state index in [0.717, 1.165) is 31.5 Å². The Morgan fingerprint density at radius 3 is 2.27 bits per heavy atom. The molecule has 0 radical (unpaired) electrons. The van der Waals surface area contributed by atoms with Gasteiger partial charge in [-0.15, -0.1) is 0 Å². The third-order valence-electron chi connectivity index (χ3n) is 5.90. The van der Waals surface area contributed by atoms with E-state index in [9.17, 15) is 14.4 Å². The number of para-hydroxylation sites is 1. The fraction of sp³-hybridized carbons (Fsp3) is 0.346. The molecular formula is C26H30N4O3. The predicted molar refractivity (Wildman–Crippen MR) is 129 cm³/mol. The van der Waals surface area contributed by atoms with Gasteiger partial charge in [-0.25, -0.2) is 0 Å². The Balaban J connectivity index is 1.14. The average molecular weight is 447 g/mol. The number of hydrogen-bond acceptors (Lipinski definition) is 4. The average Bonchev–Trinajstić information content (AvgIpc) is 3.67. The van der Waals surface area contributed by atoms with Gasteiger partial charge in [0.25, 0.3) is 5.91 Å². The summed E-state index contributed by atoms with van der Waals surface area (Å²) in [5, 5.41) is 5.72. The molecule has 2 aliphatic rings. The van der Waals surface area contributed by atoms with E-state index < -0.39 is 0 Å². The maximum atomic E-state index is 12.5. The summed E-state index contributed by atoms with van der Waals surface area (Å²) in [6.07, 6.45) is 5.54. The lowest BCUT2D eigenvalue weighted by molar-refractivity contribution is -0.131. The molecule has 0 atom stereocenters. The number of anilines is 1. The second-order valence-corrected chi connectivity index (χ2v) is 8.45. The Labute approximate surface area is 194 Å². The van der Waals surface area contributed by atoms with Crippen LogP contribution in [0, 0.1) is 0 Å². The summed E-state index contributed by atoms with van der Waals surface area (Å²) in [4.78, 5) is 40.7. The number of rotatable bonds is 8. The van der Waals surface area contributed by atoms with Crippen LogP contribution in [0.5, 0.6) is 0 Å². The van der Waals surface area contributed by atoms with Gasteiger partial charge in [0.05, 0.1) is 0 Å². The van der Waals surface area contributed by atoms with Crippen LogP contribution in [-0.4, -0.2) is 61.4 Å². The van der Waals surface area contributed by atoms with E-state index in [4.69, 9.17) is 0 Å². The van der Waals surface area contributed by atoms with E-state index in [1.807, 2.05) is 35.2 Å². The highest BCUT2D eigenvalue weighted by atomic mass is 16.2. The van der Waals surface area contributed by atoms with Crippen LogP contribution in [0.2, 0.25) is 0 Å². The molecule has 4 rings (SSSR count). The molecule has 172 valence electrons. The predicted octanol–water partition coefficient (Wildman–Crippen LogP) is 2.45. The number of benzene rings is 2. The number of amides is 3. The van der Waals surface area contributed by atoms with E-state index >= 15 is 0 Å². The van der Waals surface area contributed by atoms with Gasteiger partial charge in [-0.1, -0.05) is 30.3 Å². The first-order valence-electron chi connectivity index (χ1n) is 11.5. The summed E-state index contributed by atoms with van der Waals surface area (Å²) in [6, 6.07) is 17.7. The first-order chi connectivity index (χ1) is 16.1. The number of carbonyl (C=O) groups excluding carboxylic acids is 3. The van der Waals surface area contributed by atoms with Crippen LogP contribution in [0.4, 0.5) is 5.69 Å². The zero-order valence-electron chi connectivity index (χ0n) is 18.7. The van der Waals surface area contributed by atoms with Gasteiger partial charge in [0.15, 0.2) is 0 Å². The van der Waals surface area contributed by atoms with Gasteiger partial charge in [0.2, 0.25) is 11.8 Å². The van der Waals surface area contributed by atoms with Gasteiger partial charge < -0.3 is 20.4 Å². The Hall–Kier alpha value is -3.61. The number of piperazine rings is 1. The number of nitrogens with one attached hydrogen (secondary N) is 2. The maximum Gasteiger partial charge on any atom is 0.251 e. The Bertz CT molecular complexity index is 992. The summed E-state index contributed by atoms with van der Waals surface area (Å²) in [6.45, 7) is 3.31. The fourth-order valence-electron chi connectivity index (χ4n) is 3.78. The van der Waals surface area contributed by atoms with Crippen molar-refractivity contribution in [3.05, 3.63) is 71.8 Å². The fourth-order valence-corrected chi connectivity index (χ4v) is 3.78. The highest BCUT2D eigenvalue weighted by Crippen LogP contribution is 2.19. The Morgan fingerprint density at radius 2 is 1.61 bits per heavy atom. The summed E-state index contributed by atoms with van der Waals surface area (Å²) in [5.74, 6) is -0.240. The second kappa shape index (κ2) is 10.8. The van der Waals surface area contributed by atoms with Crippen molar-refractivity contribution in [3.8, 4) is 0 Å². The molecule has 2 N–H and O–H groups in total. The van der Waals surface area contributed by atoms with E-state index in [2.05, 4.69) is 27.7 Å². The number of nitrogens with zero attached hydrogens (tertiary/aromatic N) is 2. The Kier molecular flexibility index (Phi) is 7.40. The SMILES string of the molecule is O=C(/C=C/c1ccc(C(=O)NC2CC2)cc1)NCCC(=O)N1CCN(c2ccccc2)CC1. The largest absolute Gasteiger partial charge is 0.368 e. The molecule has 1 saturated carbocycles.